The van der Waals surface area contributed by atoms with Crippen LogP contribution in [0.1, 0.15) is 156 Å². The Kier molecular flexibility index (Phi) is 78.2. The number of hydrogen-bond acceptors (Lipinski definition) is 4. The van der Waals surface area contributed by atoms with Crippen molar-refractivity contribution < 1.29 is 19.2 Å². The number of allylic oxidation sites excluding steroid dienone is 4. The molecule has 41 heavy (non-hydrogen) atoms. The van der Waals surface area contributed by atoms with E-state index >= 15 is 0 Å². The largest absolute Gasteiger partial charge is 0.894 e. The van der Waals surface area contributed by atoms with Gasteiger partial charge in [0.15, 0.2) is 0 Å². The third-order valence-corrected chi connectivity index (χ3v) is 9.75. The zero-order valence-electron chi connectivity index (χ0n) is 27.7. The van der Waals surface area contributed by atoms with Crippen LogP contribution < -0.4 is 19.2 Å². The molecule has 0 spiro atoms. The smallest absolute Gasteiger partial charge is 0.426 e. The second-order valence-electron chi connectivity index (χ2n) is 9.78. The molecule has 0 aliphatic carbocycles. The maximum absolute atomic E-state index is 8.58. The van der Waals surface area contributed by atoms with Gasteiger partial charge >= 0.3 is 369 Å². The first-order valence-electron chi connectivity index (χ1n) is 16.2. The third-order valence-electron chi connectivity index (χ3n) is 5.56. The monoisotopic (exact) mass is 1090 g/mol. The predicted molar refractivity (Wildman–Crippen MR) is 180 cm³/mol. The SMILES string of the molecule is CCCCCCC=[CH][Ba+].CCCCCCC=[CH][Ba+].CCCCCCC=[CH][Ba+].CCCCCCC=[CH][Ba+].[O-][Si]([O-])([O-])[O-]. The molecule has 0 aromatic heterocycles. The van der Waals surface area contributed by atoms with Crippen LogP contribution in [0.3, 0.4) is 0 Å². The Morgan fingerprint density at radius 1 is 0.366 bits per heavy atom. The van der Waals surface area contributed by atoms with Crippen LogP contribution in [0.2, 0.25) is 0 Å². The second-order valence-corrected chi connectivity index (χ2v) is 16.7. The summed E-state index contributed by atoms with van der Waals surface area (Å²) in [6.45, 7) is 9.02. The second kappa shape index (κ2) is 57.6. The van der Waals surface area contributed by atoms with Crippen LogP contribution in [-0.4, -0.2) is 195 Å². The molecule has 4 nitrogen and oxygen atoms in total. The van der Waals surface area contributed by atoms with E-state index in [1.54, 1.807) is 0 Å². The summed E-state index contributed by atoms with van der Waals surface area (Å²) in [6.07, 6.45) is 37.0. The van der Waals surface area contributed by atoms with Crippen molar-refractivity contribution in [2.24, 2.45) is 0 Å². The van der Waals surface area contributed by atoms with Crippen LogP contribution >= 0.6 is 0 Å². The fraction of sp³-hybridized carbons (Fsp3) is 0.750. The molecule has 0 fully saturated rings. The van der Waals surface area contributed by atoms with Gasteiger partial charge in [-0.05, 0) is 0 Å². The summed E-state index contributed by atoms with van der Waals surface area (Å²) in [5.74, 6) is 0. The van der Waals surface area contributed by atoms with Gasteiger partial charge in [0, 0.05) is 0 Å². The van der Waals surface area contributed by atoms with Gasteiger partial charge in [-0.3, -0.25) is 0 Å². The Morgan fingerprint density at radius 2 is 0.537 bits per heavy atom. The van der Waals surface area contributed by atoms with Crippen molar-refractivity contribution >= 4 is 195 Å². The van der Waals surface area contributed by atoms with Crippen molar-refractivity contribution in [3.05, 3.63) is 26.5 Å². The summed E-state index contributed by atoms with van der Waals surface area (Å²) in [6, 6.07) is 0. The van der Waals surface area contributed by atoms with Crippen molar-refractivity contribution in [2.45, 2.75) is 156 Å². The van der Waals surface area contributed by atoms with Crippen LogP contribution in [0, 0.1) is 0 Å². The van der Waals surface area contributed by atoms with Crippen molar-refractivity contribution in [3.63, 3.8) is 0 Å². The molecule has 9 heteroatoms. The zero-order chi connectivity index (χ0) is 32.3. The molecular formula is C32H60Ba4O4Si. The summed E-state index contributed by atoms with van der Waals surface area (Å²) < 4.78 is 9.30. The number of hydrogen-bond donors (Lipinski definition) is 0. The van der Waals surface area contributed by atoms with Gasteiger partial charge in [0.25, 0.3) is 0 Å². The molecule has 0 aromatic rings. The summed E-state index contributed by atoms with van der Waals surface area (Å²) in [5.41, 5.74) is 0. The molecule has 0 heterocycles. The van der Waals surface area contributed by atoms with Gasteiger partial charge in [-0.25, -0.2) is 0 Å². The molecule has 0 radical (unpaired) electrons. The van der Waals surface area contributed by atoms with Crippen molar-refractivity contribution in [1.82, 2.24) is 0 Å². The molecule has 0 aliphatic rings. The summed E-state index contributed by atoms with van der Waals surface area (Å²) >= 11 is 3.54. The molecular weight excluding hydrogens is 1030 g/mol. The summed E-state index contributed by atoms with van der Waals surface area (Å²) in [7, 11) is -5.61. The third kappa shape index (κ3) is 98.9. The molecule has 224 valence electrons. The molecule has 0 unspecified atom stereocenters. The van der Waals surface area contributed by atoms with Crippen LogP contribution in [0.5, 0.6) is 0 Å². The minimum atomic E-state index is -5.61. The summed E-state index contributed by atoms with van der Waals surface area (Å²) in [5, 5.41) is 0. The maximum atomic E-state index is 8.58. The number of unbranched alkanes of at least 4 members (excludes halogenated alkanes) is 16. The van der Waals surface area contributed by atoms with Gasteiger partial charge < -0.3 is 28.2 Å². The van der Waals surface area contributed by atoms with E-state index < -0.39 is 9.05 Å². The van der Waals surface area contributed by atoms with E-state index in [2.05, 4.69) is 54.2 Å². The molecule has 0 saturated carbocycles. The molecule has 0 N–H and O–H groups in total. The van der Waals surface area contributed by atoms with Gasteiger partial charge in [-0.15, -0.1) is 0 Å². The molecule has 0 saturated heterocycles. The fourth-order valence-corrected chi connectivity index (χ4v) is 6.19. The number of rotatable bonds is 20. The van der Waals surface area contributed by atoms with Crippen molar-refractivity contribution in [3.8, 4) is 0 Å². The fourth-order valence-electron chi connectivity index (χ4n) is 3.23. The first-order valence-corrected chi connectivity index (χ1v) is 28.1. The maximum Gasteiger partial charge on any atom is -0.426 e. The van der Waals surface area contributed by atoms with Crippen LogP contribution in [0.4, 0.5) is 0 Å². The topological polar surface area (TPSA) is 92.2 Å². The van der Waals surface area contributed by atoms with Gasteiger partial charge in [-0.1, -0.05) is 0 Å². The molecule has 0 aromatic carbocycles. The zero-order valence-corrected chi connectivity index (χ0v) is 46.5. The van der Waals surface area contributed by atoms with Crippen LogP contribution in [-0.2, 0) is 0 Å². The van der Waals surface area contributed by atoms with E-state index in [0.29, 0.717) is 0 Å². The average molecular weight is 1090 g/mol. The molecule has 0 aliphatic heterocycles. The van der Waals surface area contributed by atoms with E-state index in [1.165, 1.54) is 128 Å². The summed E-state index contributed by atoms with van der Waals surface area (Å²) in [4.78, 5) is 34.3. The van der Waals surface area contributed by atoms with Gasteiger partial charge in [0.2, 0.25) is 0 Å². The molecule has 0 bridgehead atoms. The standard InChI is InChI=1S/4C8H15.4Ba.O4Si/c4*1-3-5-7-8-6-4-2;;;;;1-5(2,3)4/h4*1,3H,4-8H2,2H3;;;;;/q;;;;4*+1;-4. The molecule has 0 rings (SSSR count). The van der Waals surface area contributed by atoms with Gasteiger partial charge in [-0.2, -0.15) is 0 Å². The average Bonchev–Trinajstić information content (AvgIpc) is 2.93. The normalized spacial score (nSPS) is 11.1. The van der Waals surface area contributed by atoms with E-state index in [4.69, 9.17) is 19.2 Å². The minimum Gasteiger partial charge on any atom is -0.894 e. The molecule has 0 amide bonds. The minimum absolute atomic E-state index is 0.886. The predicted octanol–water partition coefficient (Wildman–Crippen LogP) is 5.42. The Hall–Kier alpha value is 5.30. The molecule has 0 atom stereocenters. The Morgan fingerprint density at radius 3 is 0.659 bits per heavy atom. The Bertz CT molecular complexity index is 440. The van der Waals surface area contributed by atoms with E-state index in [1.807, 2.05) is 0 Å². The first-order chi connectivity index (χ1) is 19.7. The van der Waals surface area contributed by atoms with Crippen LogP contribution in [0.15, 0.2) is 26.5 Å². The quantitative estimate of drug-likeness (QED) is 0.121. The van der Waals surface area contributed by atoms with Gasteiger partial charge in [0.05, 0.1) is 0 Å². The Balaban J connectivity index is -0.000000133. The first kappa shape index (κ1) is 55.7. The van der Waals surface area contributed by atoms with Gasteiger partial charge in [0.1, 0.15) is 0 Å². The van der Waals surface area contributed by atoms with Crippen molar-refractivity contribution in [2.75, 3.05) is 0 Å². The van der Waals surface area contributed by atoms with Crippen LogP contribution in [0.25, 0.3) is 0 Å². The Labute approximate surface area is 387 Å². The van der Waals surface area contributed by atoms with E-state index in [-0.39, 0.29) is 0 Å². The van der Waals surface area contributed by atoms with E-state index in [9.17, 15) is 0 Å². The van der Waals surface area contributed by atoms with Crippen molar-refractivity contribution in [1.29, 1.82) is 0 Å². The van der Waals surface area contributed by atoms with E-state index in [0.717, 1.165) is 186 Å².